The van der Waals surface area contributed by atoms with Gasteiger partial charge in [0.25, 0.3) is 5.75 Å². The number of carboxylic acid groups (broad SMARTS) is 1. The number of carbonyl (C=O) groups is 1. The van der Waals surface area contributed by atoms with E-state index in [1.165, 1.54) is 6.07 Å². The summed E-state index contributed by atoms with van der Waals surface area (Å²) in [6.07, 6.45) is 2.37. The molecule has 2 aliphatic rings. The number of nitrogens with zero attached hydrogens (tertiary/aromatic N) is 2. The zero-order chi connectivity index (χ0) is 19.4. The predicted molar refractivity (Wildman–Crippen MR) is 90.2 cm³/mol. The van der Waals surface area contributed by atoms with Crippen molar-refractivity contribution in [3.8, 4) is 5.75 Å². The monoisotopic (exact) mass is 364 g/mol. The predicted octanol–water partition coefficient (Wildman–Crippen LogP) is 3.30. The molecular formula is C17H20N2O7. The summed E-state index contributed by atoms with van der Waals surface area (Å²) in [5, 5.41) is 42.9. The molecule has 1 fully saturated rings. The molecule has 0 bridgehead atoms. The lowest BCUT2D eigenvalue weighted by atomic mass is 9.49. The molecule has 1 aromatic rings. The molecule has 0 saturated heterocycles. The van der Waals surface area contributed by atoms with E-state index in [0.29, 0.717) is 37.7 Å². The molecule has 2 aliphatic carbocycles. The Labute approximate surface area is 148 Å². The van der Waals surface area contributed by atoms with Crippen molar-refractivity contribution in [2.45, 2.75) is 51.4 Å². The van der Waals surface area contributed by atoms with Crippen LogP contribution in [0.4, 0.5) is 11.4 Å². The van der Waals surface area contributed by atoms with E-state index < -0.39 is 43.8 Å². The number of rotatable bonds is 3. The van der Waals surface area contributed by atoms with Crippen molar-refractivity contribution in [1.82, 2.24) is 0 Å². The van der Waals surface area contributed by atoms with Crippen molar-refractivity contribution < 1.29 is 24.9 Å². The summed E-state index contributed by atoms with van der Waals surface area (Å²) in [6, 6.07) is 1.20. The molecule has 9 nitrogen and oxygen atoms in total. The first-order valence-corrected chi connectivity index (χ1v) is 8.45. The molecule has 26 heavy (non-hydrogen) atoms. The molecule has 0 aliphatic heterocycles. The molecule has 0 radical (unpaired) electrons. The van der Waals surface area contributed by atoms with Gasteiger partial charge in [-0.15, -0.1) is 0 Å². The number of benzene rings is 1. The number of aromatic hydroxyl groups is 1. The molecule has 0 amide bonds. The Morgan fingerprint density at radius 3 is 2.42 bits per heavy atom. The molecule has 0 spiro atoms. The summed E-state index contributed by atoms with van der Waals surface area (Å²) in [6.45, 7) is 3.45. The SMILES string of the molecule is C[C@@]12CCC[C@](C)(C(=O)O)[C@@H]1CCc1cc([N+](=O)[O-])c(O)c([N+](=O)[O-])c12. The van der Waals surface area contributed by atoms with Crippen molar-refractivity contribution in [1.29, 1.82) is 0 Å². The van der Waals surface area contributed by atoms with Gasteiger partial charge in [-0.05, 0) is 44.1 Å². The normalized spacial score (nSPS) is 30.2. The summed E-state index contributed by atoms with van der Waals surface area (Å²) >= 11 is 0. The molecule has 3 rings (SSSR count). The van der Waals surface area contributed by atoms with Crippen LogP contribution in [0.25, 0.3) is 0 Å². The Bertz CT molecular complexity index is 837. The molecule has 3 atom stereocenters. The first-order valence-electron chi connectivity index (χ1n) is 8.45. The third-order valence-corrected chi connectivity index (χ3v) is 6.41. The van der Waals surface area contributed by atoms with Gasteiger partial charge in [0.15, 0.2) is 0 Å². The van der Waals surface area contributed by atoms with Crippen LogP contribution in [0, 0.1) is 31.6 Å². The Kier molecular flexibility index (Phi) is 3.93. The lowest BCUT2D eigenvalue weighted by molar-refractivity contribution is -0.397. The van der Waals surface area contributed by atoms with Crippen LogP contribution in [0.15, 0.2) is 6.07 Å². The number of carboxylic acids is 1. The van der Waals surface area contributed by atoms with Gasteiger partial charge < -0.3 is 10.2 Å². The fourth-order valence-corrected chi connectivity index (χ4v) is 5.22. The highest BCUT2D eigenvalue weighted by Crippen LogP contribution is 2.60. The fourth-order valence-electron chi connectivity index (χ4n) is 5.22. The van der Waals surface area contributed by atoms with Gasteiger partial charge in [-0.2, -0.15) is 0 Å². The van der Waals surface area contributed by atoms with E-state index in [2.05, 4.69) is 0 Å². The van der Waals surface area contributed by atoms with Crippen molar-refractivity contribution in [3.05, 3.63) is 37.4 Å². The minimum atomic E-state index is -1.03. The third-order valence-electron chi connectivity index (χ3n) is 6.41. The minimum absolute atomic E-state index is 0.258. The second kappa shape index (κ2) is 5.65. The number of hydrogen-bond donors (Lipinski definition) is 2. The molecule has 9 heteroatoms. The Morgan fingerprint density at radius 1 is 1.23 bits per heavy atom. The van der Waals surface area contributed by atoms with Crippen molar-refractivity contribution >= 4 is 17.3 Å². The smallest absolute Gasteiger partial charge is 0.322 e. The Morgan fingerprint density at radius 2 is 1.88 bits per heavy atom. The van der Waals surface area contributed by atoms with E-state index >= 15 is 0 Å². The highest BCUT2D eigenvalue weighted by atomic mass is 16.6. The van der Waals surface area contributed by atoms with Crippen molar-refractivity contribution in [2.24, 2.45) is 11.3 Å². The van der Waals surface area contributed by atoms with E-state index in [-0.39, 0.29) is 11.5 Å². The number of nitro groups is 2. The van der Waals surface area contributed by atoms with E-state index in [0.717, 1.165) is 0 Å². The maximum atomic E-state index is 11.9. The molecule has 0 heterocycles. The van der Waals surface area contributed by atoms with Crippen LogP contribution < -0.4 is 0 Å². The molecule has 140 valence electrons. The van der Waals surface area contributed by atoms with Crippen LogP contribution in [-0.4, -0.2) is 26.0 Å². The van der Waals surface area contributed by atoms with Gasteiger partial charge in [0.05, 0.1) is 15.3 Å². The van der Waals surface area contributed by atoms with Gasteiger partial charge in [0, 0.05) is 17.0 Å². The van der Waals surface area contributed by atoms with E-state index in [1.54, 1.807) is 13.8 Å². The zero-order valence-electron chi connectivity index (χ0n) is 14.5. The third kappa shape index (κ3) is 2.26. The largest absolute Gasteiger partial charge is 0.497 e. The number of nitro benzene ring substituents is 2. The summed E-state index contributed by atoms with van der Waals surface area (Å²) in [7, 11) is 0. The van der Waals surface area contributed by atoms with Crippen molar-refractivity contribution in [3.63, 3.8) is 0 Å². The second-order valence-electron chi connectivity index (χ2n) is 7.73. The summed E-state index contributed by atoms with van der Waals surface area (Å²) in [4.78, 5) is 33.2. The van der Waals surface area contributed by atoms with E-state index in [4.69, 9.17) is 0 Å². The number of hydrogen-bond acceptors (Lipinski definition) is 6. The van der Waals surface area contributed by atoms with Crippen LogP contribution in [0.5, 0.6) is 5.75 Å². The number of phenols is 1. The van der Waals surface area contributed by atoms with E-state index in [9.17, 15) is 35.2 Å². The number of phenolic OH excluding ortho intramolecular Hbond substituents is 1. The number of aliphatic carboxylic acids is 1. The van der Waals surface area contributed by atoms with Crippen molar-refractivity contribution in [2.75, 3.05) is 0 Å². The molecular weight excluding hydrogens is 344 g/mol. The highest BCUT2D eigenvalue weighted by molar-refractivity contribution is 5.76. The zero-order valence-corrected chi connectivity index (χ0v) is 14.5. The van der Waals surface area contributed by atoms with E-state index in [1.807, 2.05) is 0 Å². The average Bonchev–Trinajstić information content (AvgIpc) is 2.53. The maximum absolute atomic E-state index is 11.9. The van der Waals surface area contributed by atoms with Gasteiger partial charge in [0.2, 0.25) is 0 Å². The maximum Gasteiger partial charge on any atom is 0.322 e. The molecule has 1 saturated carbocycles. The van der Waals surface area contributed by atoms with Crippen LogP contribution >= 0.6 is 0 Å². The lowest BCUT2D eigenvalue weighted by Gasteiger charge is -2.53. The fraction of sp³-hybridized carbons (Fsp3) is 0.588. The summed E-state index contributed by atoms with van der Waals surface area (Å²) in [5.74, 6) is -2.25. The number of aryl methyl sites for hydroxylation is 1. The van der Waals surface area contributed by atoms with Crippen LogP contribution in [-0.2, 0) is 16.6 Å². The molecule has 2 N–H and O–H groups in total. The van der Waals surface area contributed by atoms with Gasteiger partial charge in [-0.1, -0.05) is 13.3 Å². The van der Waals surface area contributed by atoms with Gasteiger partial charge in [0.1, 0.15) is 0 Å². The number of fused-ring (bicyclic) bond motifs is 3. The standard InChI is InChI=1S/C17H20N2O7/c1-16-6-3-7-17(2,15(21)22)11(16)5-4-9-8-10(18(23)24)14(20)13(12(9)16)19(25)26/h8,11,20H,3-7H2,1-2H3,(H,21,22)/t11-,16-,17+/m1/s1. The first-order chi connectivity index (χ1) is 12.0. The molecule has 0 unspecified atom stereocenters. The highest BCUT2D eigenvalue weighted by Gasteiger charge is 2.58. The van der Waals surface area contributed by atoms with Crippen LogP contribution in [0.3, 0.4) is 0 Å². The summed E-state index contributed by atoms with van der Waals surface area (Å²) < 4.78 is 0. The van der Waals surface area contributed by atoms with Crippen LogP contribution in [0.2, 0.25) is 0 Å². The Hall–Kier alpha value is -2.71. The Balaban J connectivity index is 2.31. The molecule has 1 aromatic carbocycles. The van der Waals surface area contributed by atoms with Gasteiger partial charge in [-0.25, -0.2) is 0 Å². The quantitative estimate of drug-likeness (QED) is 0.618. The minimum Gasteiger partial charge on any atom is -0.497 e. The van der Waals surface area contributed by atoms with Gasteiger partial charge >= 0.3 is 17.3 Å². The van der Waals surface area contributed by atoms with Crippen LogP contribution in [0.1, 0.15) is 50.7 Å². The topological polar surface area (TPSA) is 144 Å². The molecule has 0 aromatic heterocycles. The average molecular weight is 364 g/mol. The summed E-state index contributed by atoms with van der Waals surface area (Å²) in [5.41, 5.74) is -2.50. The van der Waals surface area contributed by atoms with Gasteiger partial charge in [-0.3, -0.25) is 25.0 Å². The first kappa shape index (κ1) is 18.1. The lowest BCUT2D eigenvalue weighted by Crippen LogP contribution is -2.52. The second-order valence-corrected chi connectivity index (χ2v) is 7.73.